The first kappa shape index (κ1) is 31.7. The summed E-state index contributed by atoms with van der Waals surface area (Å²) in [6.07, 6.45) is 0. The predicted molar refractivity (Wildman–Crippen MR) is 246 cm³/mol. The molecular formula is C55H31N3S. The highest BCUT2D eigenvalue weighted by atomic mass is 32.1. The summed E-state index contributed by atoms with van der Waals surface area (Å²) in [6.45, 7) is 0. The molecule has 1 spiro atoms. The maximum absolute atomic E-state index is 5.70. The Kier molecular flexibility index (Phi) is 6.10. The van der Waals surface area contributed by atoms with Gasteiger partial charge in [-0.05, 0) is 84.9 Å². The van der Waals surface area contributed by atoms with Gasteiger partial charge in [-0.3, -0.25) is 4.57 Å². The molecule has 0 atom stereocenters. The number of thiophene rings is 1. The van der Waals surface area contributed by atoms with Crippen LogP contribution >= 0.6 is 11.3 Å². The van der Waals surface area contributed by atoms with Gasteiger partial charge in [0.05, 0.1) is 32.4 Å². The molecule has 0 amide bonds. The van der Waals surface area contributed by atoms with E-state index in [4.69, 9.17) is 9.97 Å². The quantitative estimate of drug-likeness (QED) is 0.175. The maximum Gasteiger partial charge on any atom is 0.235 e. The van der Waals surface area contributed by atoms with Crippen molar-refractivity contribution in [3.63, 3.8) is 0 Å². The van der Waals surface area contributed by atoms with Crippen molar-refractivity contribution in [3.8, 4) is 39.5 Å². The summed E-state index contributed by atoms with van der Waals surface area (Å²) in [7, 11) is 0. The molecule has 2 aliphatic rings. The highest BCUT2D eigenvalue weighted by molar-refractivity contribution is 7.26. The van der Waals surface area contributed by atoms with Gasteiger partial charge in [0.15, 0.2) is 0 Å². The number of nitrogens with zero attached hydrogens (tertiary/aromatic N) is 3. The number of hydrogen-bond acceptors (Lipinski definition) is 3. The summed E-state index contributed by atoms with van der Waals surface area (Å²) < 4.78 is 4.64. The van der Waals surface area contributed by atoms with Gasteiger partial charge in [0.25, 0.3) is 0 Å². The number of hydrogen-bond donors (Lipinski definition) is 0. The Morgan fingerprint density at radius 3 is 1.76 bits per heavy atom. The van der Waals surface area contributed by atoms with Crippen LogP contribution in [0.4, 0.5) is 0 Å². The molecule has 272 valence electrons. The van der Waals surface area contributed by atoms with Gasteiger partial charge in [-0.25, -0.2) is 9.97 Å². The summed E-state index contributed by atoms with van der Waals surface area (Å²) in [5.41, 5.74) is 15.4. The minimum atomic E-state index is -0.395. The summed E-state index contributed by atoms with van der Waals surface area (Å²) in [6, 6.07) is 69.3. The first-order chi connectivity index (χ1) is 29.3. The molecule has 59 heavy (non-hydrogen) atoms. The molecule has 0 radical (unpaired) electrons. The average molecular weight is 766 g/mol. The van der Waals surface area contributed by atoms with Gasteiger partial charge in [0.1, 0.15) is 0 Å². The molecule has 4 heteroatoms. The average Bonchev–Trinajstić information content (AvgIpc) is 4.01. The molecule has 12 aromatic rings. The van der Waals surface area contributed by atoms with Gasteiger partial charge < -0.3 is 0 Å². The molecule has 0 N–H and O–H groups in total. The molecule has 0 bridgehead atoms. The first-order valence-corrected chi connectivity index (χ1v) is 21.1. The summed E-state index contributed by atoms with van der Waals surface area (Å²) in [5, 5.41) is 8.33. The smallest absolute Gasteiger partial charge is 0.235 e. The van der Waals surface area contributed by atoms with Crippen LogP contribution in [-0.4, -0.2) is 14.5 Å². The monoisotopic (exact) mass is 765 g/mol. The minimum Gasteiger partial charge on any atom is -0.277 e. The van der Waals surface area contributed by atoms with Crippen LogP contribution in [0, 0.1) is 0 Å². The first-order valence-electron chi connectivity index (χ1n) is 20.2. The Bertz CT molecular complexity index is 3770. The lowest BCUT2D eigenvalue weighted by atomic mass is 9.70. The minimum absolute atomic E-state index is 0.395. The van der Waals surface area contributed by atoms with Crippen molar-refractivity contribution in [2.24, 2.45) is 0 Å². The third-order valence-corrected chi connectivity index (χ3v) is 14.4. The van der Waals surface area contributed by atoms with E-state index in [1.54, 1.807) is 11.3 Å². The van der Waals surface area contributed by atoms with Gasteiger partial charge >= 0.3 is 0 Å². The molecule has 0 unspecified atom stereocenters. The zero-order chi connectivity index (χ0) is 38.4. The van der Waals surface area contributed by atoms with Crippen LogP contribution in [0.3, 0.4) is 0 Å². The van der Waals surface area contributed by atoms with Crippen LogP contribution < -0.4 is 0 Å². The predicted octanol–water partition coefficient (Wildman–Crippen LogP) is 14.3. The van der Waals surface area contributed by atoms with E-state index in [0.29, 0.717) is 5.95 Å². The molecular weight excluding hydrogens is 735 g/mol. The lowest BCUT2D eigenvalue weighted by Crippen LogP contribution is -2.25. The highest BCUT2D eigenvalue weighted by Gasteiger charge is 2.51. The van der Waals surface area contributed by atoms with E-state index in [2.05, 4.69) is 193 Å². The second kappa shape index (κ2) is 11.4. The summed E-state index contributed by atoms with van der Waals surface area (Å²) in [5.74, 6) is 0.679. The van der Waals surface area contributed by atoms with Crippen LogP contribution in [0.1, 0.15) is 22.3 Å². The van der Waals surface area contributed by atoms with E-state index < -0.39 is 5.41 Å². The summed E-state index contributed by atoms with van der Waals surface area (Å²) in [4.78, 5) is 11.3. The Balaban J connectivity index is 1.09. The second-order valence-corrected chi connectivity index (χ2v) is 17.1. The fourth-order valence-corrected chi connectivity index (χ4v) is 11.9. The third kappa shape index (κ3) is 4.01. The Morgan fingerprint density at radius 1 is 0.424 bits per heavy atom. The van der Waals surface area contributed by atoms with Crippen LogP contribution in [0.2, 0.25) is 0 Å². The molecule has 0 fully saturated rings. The molecule has 0 aliphatic heterocycles. The number of fused-ring (bicyclic) bond motifs is 19. The van der Waals surface area contributed by atoms with E-state index >= 15 is 0 Å². The van der Waals surface area contributed by atoms with Crippen LogP contribution in [0.5, 0.6) is 0 Å². The molecule has 9 aromatic carbocycles. The molecule has 3 nitrogen and oxygen atoms in total. The van der Waals surface area contributed by atoms with Crippen molar-refractivity contribution >= 4 is 75.0 Å². The van der Waals surface area contributed by atoms with Gasteiger partial charge in [0.2, 0.25) is 5.95 Å². The molecule has 3 aromatic heterocycles. The van der Waals surface area contributed by atoms with E-state index in [-0.39, 0.29) is 0 Å². The van der Waals surface area contributed by atoms with Gasteiger partial charge in [-0.1, -0.05) is 164 Å². The number of rotatable bonds is 2. The van der Waals surface area contributed by atoms with Crippen LogP contribution in [0.15, 0.2) is 188 Å². The fraction of sp³-hybridized carbons (Fsp3) is 0.0182. The maximum atomic E-state index is 5.70. The molecule has 3 heterocycles. The van der Waals surface area contributed by atoms with Crippen molar-refractivity contribution in [2.45, 2.75) is 5.41 Å². The van der Waals surface area contributed by atoms with Crippen molar-refractivity contribution in [1.82, 2.24) is 14.5 Å². The lowest BCUT2D eigenvalue weighted by molar-refractivity contribution is 0.794. The molecule has 14 rings (SSSR count). The van der Waals surface area contributed by atoms with E-state index in [0.717, 1.165) is 37.9 Å². The topological polar surface area (TPSA) is 30.7 Å². The van der Waals surface area contributed by atoms with Crippen molar-refractivity contribution in [3.05, 3.63) is 210 Å². The van der Waals surface area contributed by atoms with Crippen molar-refractivity contribution in [1.29, 1.82) is 0 Å². The standard InChI is InChI=1S/C55H31N3S/c1-2-15-34-31-48-43(29-33(34)14-1)40-27-25-32-13-3-4-16-36(32)52(40)58(48)54-56-50(53-51(57-54)41-20-8-12-24-49(41)59-53)35-26-28-47-42(30-35)39-19-7-11-23-46(39)55(47)44-21-9-5-17-37(44)38-18-6-10-22-45(38)55/h1-31H. The highest BCUT2D eigenvalue weighted by Crippen LogP contribution is 2.63. The molecule has 2 aliphatic carbocycles. The summed E-state index contributed by atoms with van der Waals surface area (Å²) >= 11 is 1.79. The number of aromatic nitrogens is 3. The van der Waals surface area contributed by atoms with Crippen LogP contribution in [-0.2, 0) is 5.41 Å². The third-order valence-electron chi connectivity index (χ3n) is 13.2. The zero-order valence-corrected chi connectivity index (χ0v) is 32.5. The Labute approximate surface area is 343 Å². The van der Waals surface area contributed by atoms with E-state index in [1.165, 1.54) is 81.5 Å². The molecule has 0 saturated heterocycles. The SMILES string of the molecule is c1ccc2c(c1)-c1ccccc1C21c2ccccc2-c2cc(-c3nc(-n4c5cc6ccccc6cc5c5ccc6ccccc6c54)nc4c3sc3ccccc34)ccc21. The Morgan fingerprint density at radius 2 is 1.02 bits per heavy atom. The molecule has 0 saturated carbocycles. The van der Waals surface area contributed by atoms with Crippen molar-refractivity contribution in [2.75, 3.05) is 0 Å². The van der Waals surface area contributed by atoms with Crippen molar-refractivity contribution < 1.29 is 0 Å². The number of benzene rings is 9. The Hall–Kier alpha value is -7.40. The zero-order valence-electron chi connectivity index (χ0n) is 31.6. The van der Waals surface area contributed by atoms with Crippen LogP contribution in [0.25, 0.3) is 103 Å². The lowest BCUT2D eigenvalue weighted by Gasteiger charge is -2.30. The van der Waals surface area contributed by atoms with Gasteiger partial charge in [-0.15, -0.1) is 11.3 Å². The van der Waals surface area contributed by atoms with E-state index in [9.17, 15) is 0 Å². The van der Waals surface area contributed by atoms with Gasteiger partial charge in [-0.2, -0.15) is 0 Å². The normalized spacial score (nSPS) is 13.6. The second-order valence-electron chi connectivity index (χ2n) is 16.0. The fourth-order valence-electron chi connectivity index (χ4n) is 10.8. The van der Waals surface area contributed by atoms with E-state index in [1.807, 2.05) is 0 Å². The van der Waals surface area contributed by atoms with Gasteiger partial charge in [0, 0.05) is 31.8 Å². The largest absolute Gasteiger partial charge is 0.277 e.